The van der Waals surface area contributed by atoms with Crippen molar-refractivity contribution in [3.8, 4) is 0 Å². The Morgan fingerprint density at radius 3 is 1.26 bits per heavy atom. The van der Waals surface area contributed by atoms with Gasteiger partial charge in [-0.15, -0.1) is 0 Å². The maximum atomic E-state index is 11.7. The van der Waals surface area contributed by atoms with Gasteiger partial charge in [0.25, 0.3) is 0 Å². The first-order chi connectivity index (χ1) is 18.6. The Hall–Kier alpha value is -3.10. The minimum absolute atomic E-state index is 0.186. The van der Waals surface area contributed by atoms with Gasteiger partial charge in [0.05, 0.1) is 0 Å². The Bertz CT molecular complexity index is 849. The standard InChI is InChI=1S/2C15H21NO3/c2*17-10-12-6-8-14(9-7-12)16-15(18)19-11-13-4-2-1-3-5-13/h2*1-5,12,14,17H,6-11H2,(H,16,18). The van der Waals surface area contributed by atoms with Crippen LogP contribution in [-0.2, 0) is 22.7 Å². The van der Waals surface area contributed by atoms with Gasteiger partial charge >= 0.3 is 12.2 Å². The molecule has 2 aliphatic rings. The van der Waals surface area contributed by atoms with Gasteiger partial charge in [-0.05, 0) is 74.3 Å². The molecule has 2 aromatic carbocycles. The third kappa shape index (κ3) is 11.1. The fraction of sp³-hybridized carbons (Fsp3) is 0.533. The average Bonchev–Trinajstić information content (AvgIpc) is 2.97. The Kier molecular flexibility index (Phi) is 12.9. The van der Waals surface area contributed by atoms with Crippen LogP contribution in [0.4, 0.5) is 9.59 Å². The van der Waals surface area contributed by atoms with E-state index in [1.165, 1.54) is 0 Å². The van der Waals surface area contributed by atoms with Gasteiger partial charge in [0.2, 0.25) is 0 Å². The van der Waals surface area contributed by atoms with Crippen LogP contribution in [0.25, 0.3) is 0 Å². The second-order valence-electron chi connectivity index (χ2n) is 10.2. The van der Waals surface area contributed by atoms with E-state index in [1.807, 2.05) is 60.7 Å². The number of hydrogen-bond acceptors (Lipinski definition) is 6. The van der Waals surface area contributed by atoms with Gasteiger partial charge in [-0.3, -0.25) is 0 Å². The fourth-order valence-electron chi connectivity index (χ4n) is 4.84. The molecule has 0 aromatic heterocycles. The molecule has 0 aliphatic heterocycles. The maximum Gasteiger partial charge on any atom is 0.407 e. The molecule has 0 unspecified atom stereocenters. The van der Waals surface area contributed by atoms with Gasteiger partial charge in [-0.25, -0.2) is 9.59 Å². The summed E-state index contributed by atoms with van der Waals surface area (Å²) < 4.78 is 10.4. The number of aliphatic hydroxyl groups is 2. The normalized spacial score (nSPS) is 22.8. The quantitative estimate of drug-likeness (QED) is 0.388. The molecule has 0 atom stereocenters. The number of aliphatic hydroxyl groups excluding tert-OH is 2. The lowest BCUT2D eigenvalue weighted by atomic mass is 9.87. The van der Waals surface area contributed by atoms with Crippen molar-refractivity contribution in [3.63, 3.8) is 0 Å². The molecule has 38 heavy (non-hydrogen) atoms. The van der Waals surface area contributed by atoms with Crippen molar-refractivity contribution in [2.75, 3.05) is 13.2 Å². The zero-order valence-corrected chi connectivity index (χ0v) is 22.1. The fourth-order valence-corrected chi connectivity index (χ4v) is 4.84. The summed E-state index contributed by atoms with van der Waals surface area (Å²) in [4.78, 5) is 23.3. The van der Waals surface area contributed by atoms with Crippen LogP contribution in [0.5, 0.6) is 0 Å². The lowest BCUT2D eigenvalue weighted by Crippen LogP contribution is -2.38. The van der Waals surface area contributed by atoms with Crippen molar-refractivity contribution in [2.45, 2.75) is 76.7 Å². The van der Waals surface area contributed by atoms with Crippen LogP contribution in [-0.4, -0.2) is 47.7 Å². The molecule has 0 bridgehead atoms. The second kappa shape index (κ2) is 16.7. The number of amides is 2. The van der Waals surface area contributed by atoms with Gasteiger partial charge in [-0.2, -0.15) is 0 Å². The lowest BCUT2D eigenvalue weighted by molar-refractivity contribution is 0.126. The molecule has 2 aromatic rings. The summed E-state index contributed by atoms with van der Waals surface area (Å²) in [6.45, 7) is 1.12. The van der Waals surface area contributed by atoms with E-state index < -0.39 is 0 Å². The Morgan fingerprint density at radius 1 is 0.605 bits per heavy atom. The van der Waals surface area contributed by atoms with Crippen molar-refractivity contribution in [1.82, 2.24) is 10.6 Å². The van der Waals surface area contributed by atoms with Crippen LogP contribution in [0.2, 0.25) is 0 Å². The predicted molar refractivity (Wildman–Crippen MR) is 145 cm³/mol. The van der Waals surface area contributed by atoms with Gasteiger partial charge in [-0.1, -0.05) is 60.7 Å². The van der Waals surface area contributed by atoms with Crippen LogP contribution >= 0.6 is 0 Å². The number of benzene rings is 2. The third-order valence-electron chi connectivity index (χ3n) is 7.28. The van der Waals surface area contributed by atoms with Gasteiger partial charge < -0.3 is 30.3 Å². The van der Waals surface area contributed by atoms with Crippen LogP contribution in [0.15, 0.2) is 60.7 Å². The highest BCUT2D eigenvalue weighted by atomic mass is 16.6. The first-order valence-corrected chi connectivity index (χ1v) is 13.7. The molecular weight excluding hydrogens is 484 g/mol. The first kappa shape index (κ1) is 29.5. The summed E-state index contributed by atoms with van der Waals surface area (Å²) >= 11 is 0. The molecule has 8 heteroatoms. The summed E-state index contributed by atoms with van der Waals surface area (Å²) in [5.74, 6) is 0.803. The Balaban J connectivity index is 0.000000211. The van der Waals surface area contributed by atoms with E-state index in [2.05, 4.69) is 10.6 Å². The average molecular weight is 527 g/mol. The SMILES string of the molecule is O=C(NC1CCC(CO)CC1)OCc1ccccc1.O=C(NC1CCC(CO)CC1)OCc1ccccc1. The van der Waals surface area contributed by atoms with Gasteiger partial charge in [0.1, 0.15) is 13.2 Å². The zero-order chi connectivity index (χ0) is 27.0. The Labute approximate surface area is 225 Å². The first-order valence-electron chi connectivity index (χ1n) is 13.7. The van der Waals surface area contributed by atoms with Crippen molar-refractivity contribution < 1.29 is 29.3 Å². The Morgan fingerprint density at radius 2 is 0.947 bits per heavy atom. The molecule has 208 valence electrons. The summed E-state index contributed by atoms with van der Waals surface area (Å²) in [7, 11) is 0. The van der Waals surface area contributed by atoms with Crippen molar-refractivity contribution in [2.24, 2.45) is 11.8 Å². The van der Waals surface area contributed by atoms with Gasteiger partial charge in [0, 0.05) is 25.3 Å². The monoisotopic (exact) mass is 526 g/mol. The van der Waals surface area contributed by atoms with Crippen molar-refractivity contribution >= 4 is 12.2 Å². The second-order valence-corrected chi connectivity index (χ2v) is 10.2. The van der Waals surface area contributed by atoms with E-state index in [1.54, 1.807) is 0 Å². The largest absolute Gasteiger partial charge is 0.445 e. The lowest BCUT2D eigenvalue weighted by Gasteiger charge is -2.27. The van der Waals surface area contributed by atoms with Crippen LogP contribution in [0.3, 0.4) is 0 Å². The van der Waals surface area contributed by atoms with E-state index >= 15 is 0 Å². The van der Waals surface area contributed by atoms with Crippen LogP contribution < -0.4 is 10.6 Å². The summed E-state index contributed by atoms with van der Waals surface area (Å²) in [5, 5.41) is 23.9. The molecule has 4 rings (SSSR count). The topological polar surface area (TPSA) is 117 Å². The number of carbonyl (C=O) groups excluding carboxylic acids is 2. The van der Waals surface area contributed by atoms with Crippen LogP contribution in [0, 0.1) is 11.8 Å². The smallest absolute Gasteiger partial charge is 0.407 e. The van der Waals surface area contributed by atoms with Crippen LogP contribution in [0.1, 0.15) is 62.5 Å². The number of nitrogens with one attached hydrogen (secondary N) is 2. The minimum atomic E-state index is -0.351. The van der Waals surface area contributed by atoms with Gasteiger partial charge in [0.15, 0.2) is 0 Å². The molecule has 2 aliphatic carbocycles. The van der Waals surface area contributed by atoms with E-state index in [0.717, 1.165) is 62.5 Å². The highest BCUT2D eigenvalue weighted by molar-refractivity contribution is 5.68. The van der Waals surface area contributed by atoms with E-state index in [9.17, 15) is 9.59 Å². The van der Waals surface area contributed by atoms with Crippen molar-refractivity contribution in [1.29, 1.82) is 0 Å². The van der Waals surface area contributed by atoms with Crippen molar-refractivity contribution in [3.05, 3.63) is 71.8 Å². The summed E-state index contributed by atoms with van der Waals surface area (Å²) in [6.07, 6.45) is 6.88. The van der Waals surface area contributed by atoms with E-state index in [-0.39, 0.29) is 37.5 Å². The van der Waals surface area contributed by atoms with E-state index in [4.69, 9.17) is 19.7 Å². The molecule has 8 nitrogen and oxygen atoms in total. The molecule has 0 spiro atoms. The molecule has 0 radical (unpaired) electrons. The number of ether oxygens (including phenoxy) is 2. The zero-order valence-electron chi connectivity index (χ0n) is 22.1. The number of rotatable bonds is 8. The van der Waals surface area contributed by atoms with E-state index in [0.29, 0.717) is 25.0 Å². The molecule has 0 saturated heterocycles. The number of hydrogen-bond donors (Lipinski definition) is 4. The molecule has 2 fully saturated rings. The molecule has 2 amide bonds. The highest BCUT2D eigenvalue weighted by Gasteiger charge is 2.23. The molecular formula is C30H42N2O6. The molecule has 2 saturated carbocycles. The molecule has 0 heterocycles. The third-order valence-corrected chi connectivity index (χ3v) is 7.28. The highest BCUT2D eigenvalue weighted by Crippen LogP contribution is 2.24. The maximum absolute atomic E-state index is 11.7. The number of alkyl carbamates (subject to hydrolysis) is 2. The summed E-state index contributed by atoms with van der Waals surface area (Å²) in [6, 6.07) is 19.7. The minimum Gasteiger partial charge on any atom is -0.445 e. The summed E-state index contributed by atoms with van der Waals surface area (Å²) in [5.41, 5.74) is 1.98. The molecule has 4 N–H and O–H groups in total. The number of carbonyl (C=O) groups is 2. The predicted octanol–water partition coefficient (Wildman–Crippen LogP) is 4.93.